The minimum atomic E-state index is -0.984. The second-order valence-electron chi connectivity index (χ2n) is 7.90. The summed E-state index contributed by atoms with van der Waals surface area (Å²) in [6.07, 6.45) is 0. The molecule has 172 valence electrons. The van der Waals surface area contributed by atoms with E-state index in [4.69, 9.17) is 4.74 Å². The monoisotopic (exact) mass is 457 g/mol. The number of aliphatic hydroxyl groups excluding tert-OH is 1. The molecule has 34 heavy (non-hydrogen) atoms. The Labute approximate surface area is 196 Å². The van der Waals surface area contributed by atoms with Gasteiger partial charge in [-0.3, -0.25) is 14.5 Å². The van der Waals surface area contributed by atoms with Crippen molar-refractivity contribution in [2.75, 3.05) is 11.5 Å². The number of hydrogen-bond donors (Lipinski definition) is 2. The molecule has 7 heteroatoms. The van der Waals surface area contributed by atoms with Gasteiger partial charge in [-0.25, -0.2) is 4.79 Å². The fourth-order valence-corrected chi connectivity index (χ4v) is 3.95. The van der Waals surface area contributed by atoms with Crippen molar-refractivity contribution >= 4 is 29.1 Å². The molecule has 1 aliphatic heterocycles. The predicted molar refractivity (Wildman–Crippen MR) is 126 cm³/mol. The summed E-state index contributed by atoms with van der Waals surface area (Å²) in [4.78, 5) is 39.6. The SMILES string of the molecule is CCOC(=O)c1ccc(N2C(=O)C(=O)/C(=C(/O)c3ccc(C)cc3)C2c2cccc(O)c2)cc1. The molecule has 1 amide bonds. The summed E-state index contributed by atoms with van der Waals surface area (Å²) in [5.41, 5.74) is 2.38. The number of amides is 1. The number of benzene rings is 3. The summed E-state index contributed by atoms with van der Waals surface area (Å²) < 4.78 is 5.00. The molecular formula is C27H23NO6. The topological polar surface area (TPSA) is 104 Å². The van der Waals surface area contributed by atoms with Crippen molar-refractivity contribution in [3.8, 4) is 5.75 Å². The number of ketones is 1. The standard InChI is InChI=1S/C27H23NO6/c1-3-34-27(33)18-11-13-20(14-12-18)28-23(19-5-4-6-21(29)15-19)22(25(31)26(28)32)24(30)17-9-7-16(2)8-10-17/h4-15,23,29-30H,3H2,1-2H3/b24-22+. The number of anilines is 1. The number of hydrogen-bond acceptors (Lipinski definition) is 6. The molecule has 0 aromatic heterocycles. The molecule has 0 saturated carbocycles. The van der Waals surface area contributed by atoms with Crippen LogP contribution >= 0.6 is 0 Å². The first-order valence-corrected chi connectivity index (χ1v) is 10.8. The van der Waals surface area contributed by atoms with Gasteiger partial charge in [0.2, 0.25) is 0 Å². The fourth-order valence-electron chi connectivity index (χ4n) is 3.95. The summed E-state index contributed by atoms with van der Waals surface area (Å²) in [5.74, 6) is -2.53. The molecule has 1 saturated heterocycles. The van der Waals surface area contributed by atoms with E-state index in [2.05, 4.69) is 0 Å². The van der Waals surface area contributed by atoms with Gasteiger partial charge >= 0.3 is 5.97 Å². The van der Waals surface area contributed by atoms with Crippen LogP contribution in [0, 0.1) is 6.92 Å². The molecule has 0 aliphatic carbocycles. The third-order valence-electron chi connectivity index (χ3n) is 5.61. The fraction of sp³-hybridized carbons (Fsp3) is 0.148. The Kier molecular flexibility index (Phi) is 6.19. The zero-order chi connectivity index (χ0) is 24.4. The van der Waals surface area contributed by atoms with E-state index in [1.165, 1.54) is 29.2 Å². The Morgan fingerprint density at radius 2 is 1.62 bits per heavy atom. The van der Waals surface area contributed by atoms with Gasteiger partial charge in [-0.15, -0.1) is 0 Å². The summed E-state index contributed by atoms with van der Waals surface area (Å²) in [6, 6.07) is 18.2. The summed E-state index contributed by atoms with van der Waals surface area (Å²) in [6.45, 7) is 3.83. The van der Waals surface area contributed by atoms with Crippen molar-refractivity contribution in [2.24, 2.45) is 0 Å². The van der Waals surface area contributed by atoms with Crippen molar-refractivity contribution in [3.63, 3.8) is 0 Å². The molecular weight excluding hydrogens is 434 g/mol. The maximum Gasteiger partial charge on any atom is 0.338 e. The largest absolute Gasteiger partial charge is 0.508 e. The predicted octanol–water partition coefficient (Wildman–Crippen LogP) is 4.50. The van der Waals surface area contributed by atoms with E-state index in [1.54, 1.807) is 55.5 Å². The summed E-state index contributed by atoms with van der Waals surface area (Å²) in [5, 5.41) is 21.2. The van der Waals surface area contributed by atoms with Crippen molar-refractivity contribution < 1.29 is 29.3 Å². The Bertz CT molecular complexity index is 1290. The van der Waals surface area contributed by atoms with E-state index < -0.39 is 23.7 Å². The molecule has 4 rings (SSSR count). The highest BCUT2D eigenvalue weighted by atomic mass is 16.5. The highest BCUT2D eigenvalue weighted by molar-refractivity contribution is 6.51. The van der Waals surface area contributed by atoms with E-state index in [-0.39, 0.29) is 23.7 Å². The maximum atomic E-state index is 13.2. The second kappa shape index (κ2) is 9.23. The van der Waals surface area contributed by atoms with Gasteiger partial charge in [-0.2, -0.15) is 0 Å². The van der Waals surface area contributed by atoms with Gasteiger partial charge in [0.25, 0.3) is 11.7 Å². The lowest BCUT2D eigenvalue weighted by molar-refractivity contribution is -0.132. The molecule has 0 radical (unpaired) electrons. The highest BCUT2D eigenvalue weighted by Crippen LogP contribution is 2.42. The van der Waals surface area contributed by atoms with Crippen LogP contribution in [-0.4, -0.2) is 34.5 Å². The van der Waals surface area contributed by atoms with Crippen LogP contribution in [0.4, 0.5) is 5.69 Å². The van der Waals surface area contributed by atoms with Crippen molar-refractivity contribution in [1.29, 1.82) is 0 Å². The lowest BCUT2D eigenvalue weighted by Gasteiger charge is -2.25. The third-order valence-corrected chi connectivity index (χ3v) is 5.61. The van der Waals surface area contributed by atoms with Gasteiger partial charge in [0.05, 0.1) is 23.8 Å². The van der Waals surface area contributed by atoms with Crippen molar-refractivity contribution in [1.82, 2.24) is 0 Å². The molecule has 1 atom stereocenters. The van der Waals surface area contributed by atoms with Crippen LogP contribution in [0.5, 0.6) is 5.75 Å². The zero-order valence-electron chi connectivity index (χ0n) is 18.7. The van der Waals surface area contributed by atoms with E-state index in [1.807, 2.05) is 6.92 Å². The van der Waals surface area contributed by atoms with E-state index in [0.717, 1.165) is 5.56 Å². The molecule has 3 aromatic rings. The van der Waals surface area contributed by atoms with E-state index in [0.29, 0.717) is 22.4 Å². The van der Waals surface area contributed by atoms with Gasteiger partial charge in [-0.1, -0.05) is 42.0 Å². The maximum absolute atomic E-state index is 13.2. The number of carbonyl (C=O) groups excluding carboxylic acids is 3. The van der Waals surface area contributed by atoms with Crippen LogP contribution in [0.2, 0.25) is 0 Å². The molecule has 0 spiro atoms. The average molecular weight is 457 g/mol. The van der Waals surface area contributed by atoms with Crippen molar-refractivity contribution in [3.05, 3.63) is 101 Å². The number of nitrogens with zero attached hydrogens (tertiary/aromatic N) is 1. The molecule has 2 N–H and O–H groups in total. The zero-order valence-corrected chi connectivity index (χ0v) is 18.7. The number of aromatic hydroxyl groups is 1. The minimum absolute atomic E-state index is 0.0453. The molecule has 7 nitrogen and oxygen atoms in total. The van der Waals surface area contributed by atoms with Gasteiger partial charge in [0.15, 0.2) is 0 Å². The van der Waals surface area contributed by atoms with E-state index in [9.17, 15) is 24.6 Å². The van der Waals surface area contributed by atoms with Crippen molar-refractivity contribution in [2.45, 2.75) is 19.9 Å². The van der Waals surface area contributed by atoms with Crippen LogP contribution in [-0.2, 0) is 14.3 Å². The Balaban J connectivity index is 1.86. The van der Waals surface area contributed by atoms with Crippen LogP contribution < -0.4 is 4.90 Å². The normalized spacial score (nSPS) is 17.1. The van der Waals surface area contributed by atoms with Gasteiger partial charge in [0, 0.05) is 11.3 Å². The Hall–Kier alpha value is -4.39. The molecule has 0 bridgehead atoms. The molecule has 1 aliphatic rings. The van der Waals surface area contributed by atoms with Crippen LogP contribution in [0.1, 0.15) is 40.0 Å². The van der Waals surface area contributed by atoms with Crippen LogP contribution in [0.3, 0.4) is 0 Å². The first-order chi connectivity index (χ1) is 16.3. The first-order valence-electron chi connectivity index (χ1n) is 10.8. The Morgan fingerprint density at radius 1 is 0.971 bits per heavy atom. The van der Waals surface area contributed by atoms with Gasteiger partial charge in [0.1, 0.15) is 11.5 Å². The number of ether oxygens (including phenoxy) is 1. The quantitative estimate of drug-likeness (QED) is 0.253. The highest BCUT2D eigenvalue weighted by Gasteiger charge is 2.47. The number of carbonyl (C=O) groups is 3. The van der Waals surface area contributed by atoms with E-state index >= 15 is 0 Å². The Morgan fingerprint density at radius 3 is 2.24 bits per heavy atom. The lowest BCUT2D eigenvalue weighted by Crippen LogP contribution is -2.29. The number of esters is 1. The number of aryl methyl sites for hydroxylation is 1. The number of phenols is 1. The van der Waals surface area contributed by atoms with Gasteiger partial charge in [-0.05, 0) is 55.8 Å². The summed E-state index contributed by atoms with van der Waals surface area (Å²) >= 11 is 0. The first kappa shape index (κ1) is 22.8. The van der Waals surface area contributed by atoms with Crippen LogP contribution in [0.25, 0.3) is 5.76 Å². The number of Topliss-reactive ketones (excluding diaryl/α,β-unsaturated/α-hetero) is 1. The van der Waals surface area contributed by atoms with Gasteiger partial charge < -0.3 is 14.9 Å². The number of rotatable bonds is 5. The molecule has 1 fully saturated rings. The molecule has 1 heterocycles. The minimum Gasteiger partial charge on any atom is -0.508 e. The summed E-state index contributed by atoms with van der Waals surface area (Å²) in [7, 11) is 0. The molecule has 1 unspecified atom stereocenters. The second-order valence-corrected chi connectivity index (χ2v) is 7.90. The lowest BCUT2D eigenvalue weighted by atomic mass is 9.94. The number of aliphatic hydroxyl groups is 1. The molecule has 3 aromatic carbocycles. The average Bonchev–Trinajstić information content (AvgIpc) is 3.10. The smallest absolute Gasteiger partial charge is 0.338 e. The third kappa shape index (κ3) is 4.15. The van der Waals surface area contributed by atoms with Crippen LogP contribution in [0.15, 0.2) is 78.4 Å². The number of phenolic OH excluding ortho intramolecular Hbond substituents is 1.